The maximum atomic E-state index is 6.72. The predicted molar refractivity (Wildman–Crippen MR) is 211 cm³/mol. The Morgan fingerprint density at radius 3 is 2.43 bits per heavy atom. The third kappa shape index (κ3) is 5.21. The molecule has 0 saturated heterocycles. The quantitative estimate of drug-likeness (QED) is 0.181. The smallest absolute Gasteiger partial charge is 0.162 e. The van der Waals surface area contributed by atoms with Gasteiger partial charge in [-0.15, -0.1) is 6.42 Å². The van der Waals surface area contributed by atoms with Gasteiger partial charge in [0.1, 0.15) is 23.2 Å². The van der Waals surface area contributed by atoms with Gasteiger partial charge >= 0.3 is 0 Å². The highest BCUT2D eigenvalue weighted by molar-refractivity contribution is 6.21. The van der Waals surface area contributed by atoms with Crippen molar-refractivity contribution in [2.24, 2.45) is 15.9 Å². The van der Waals surface area contributed by atoms with Crippen molar-refractivity contribution in [3.05, 3.63) is 168 Å². The summed E-state index contributed by atoms with van der Waals surface area (Å²) in [4.78, 5) is 10.3. The number of nitrogens with zero attached hydrogens (tertiary/aromatic N) is 3. The van der Waals surface area contributed by atoms with Crippen LogP contribution in [0, 0.1) is 18.3 Å². The van der Waals surface area contributed by atoms with Crippen LogP contribution in [0.2, 0.25) is 0 Å². The molecule has 3 heterocycles. The van der Waals surface area contributed by atoms with Gasteiger partial charge in [-0.05, 0) is 66.9 Å². The van der Waals surface area contributed by atoms with Crippen molar-refractivity contribution in [1.82, 2.24) is 9.88 Å². The fraction of sp³-hybridized carbons (Fsp3) is 0.0870. The zero-order valence-electron chi connectivity index (χ0n) is 28.1. The standard InChI is InChI=1S/C46H34N4O/c1-3-16-39-34(4-2)38-29-32(27-28-40(38)50(39)33-21-12-7-13-22-33)35-23-15-26-41-42(35)36-24-14-25-37(43(36)51-41)46-48-44(30-17-8-5-9-18-30)47-45(49-46)31-19-10-6-11-20-31/h2-3,5-19,21-29,31,45H,20H2,1H3,(H,47,48,49)/b16-3-. The number of hydrogen-bond acceptors (Lipinski definition) is 4. The number of aromatic nitrogens is 1. The largest absolute Gasteiger partial charge is 0.455 e. The second kappa shape index (κ2) is 12.7. The molecule has 0 spiro atoms. The van der Waals surface area contributed by atoms with E-state index in [9.17, 15) is 0 Å². The predicted octanol–water partition coefficient (Wildman–Crippen LogP) is 10.5. The molecule has 0 saturated carbocycles. The van der Waals surface area contributed by atoms with E-state index in [2.05, 4.69) is 131 Å². The Bertz CT molecular complexity index is 2660. The molecule has 1 aliphatic carbocycles. The van der Waals surface area contributed by atoms with Gasteiger partial charge in [-0.3, -0.25) is 0 Å². The van der Waals surface area contributed by atoms with Crippen LogP contribution in [0.1, 0.15) is 35.7 Å². The Balaban J connectivity index is 1.21. The van der Waals surface area contributed by atoms with Crippen LogP contribution >= 0.6 is 0 Å². The van der Waals surface area contributed by atoms with Crippen LogP contribution in [-0.4, -0.2) is 22.4 Å². The van der Waals surface area contributed by atoms with Crippen molar-refractivity contribution in [1.29, 1.82) is 0 Å². The first-order chi connectivity index (χ1) is 25.2. The first kappa shape index (κ1) is 30.4. The minimum Gasteiger partial charge on any atom is -0.455 e. The highest BCUT2D eigenvalue weighted by Crippen LogP contribution is 2.40. The molecule has 5 nitrogen and oxygen atoms in total. The van der Waals surface area contributed by atoms with Gasteiger partial charge in [0, 0.05) is 33.3 Å². The van der Waals surface area contributed by atoms with E-state index in [-0.39, 0.29) is 12.1 Å². The zero-order valence-corrected chi connectivity index (χ0v) is 28.1. The summed E-state index contributed by atoms with van der Waals surface area (Å²) in [6.45, 7) is 2.02. The molecule has 7 aromatic rings. The van der Waals surface area contributed by atoms with E-state index < -0.39 is 0 Å². The van der Waals surface area contributed by atoms with Gasteiger partial charge in [0.25, 0.3) is 0 Å². The molecule has 2 aromatic heterocycles. The lowest BCUT2D eigenvalue weighted by Gasteiger charge is -2.28. The number of amidine groups is 2. The number of furan rings is 1. The Morgan fingerprint density at radius 1 is 0.843 bits per heavy atom. The van der Waals surface area contributed by atoms with Crippen molar-refractivity contribution >= 4 is 50.6 Å². The molecule has 1 N–H and O–H groups in total. The Hall–Kier alpha value is -6.64. The SMILES string of the molecule is C#Cc1c(/C=C\C)n(-c2ccccc2)c2ccc(-c3cccc4oc5c(C6=NC(C7C=CC=CC7)NC(c7ccccc7)=N6)cccc5c34)cc12. The normalized spacial score (nSPS) is 17.2. The molecule has 9 rings (SSSR count). The van der Waals surface area contributed by atoms with Gasteiger partial charge in [0.05, 0.1) is 22.3 Å². The first-order valence-corrected chi connectivity index (χ1v) is 17.3. The number of benzene rings is 5. The maximum absolute atomic E-state index is 6.72. The number of rotatable bonds is 6. The molecular weight excluding hydrogens is 625 g/mol. The van der Waals surface area contributed by atoms with E-state index in [0.29, 0.717) is 5.84 Å². The summed E-state index contributed by atoms with van der Waals surface area (Å²) in [5.74, 6) is 4.68. The van der Waals surface area contributed by atoms with Gasteiger partial charge in [-0.25, -0.2) is 9.98 Å². The lowest BCUT2D eigenvalue weighted by molar-refractivity contribution is 0.475. The highest BCUT2D eigenvalue weighted by atomic mass is 16.3. The van der Waals surface area contributed by atoms with E-state index in [1.165, 1.54) is 0 Å². The lowest BCUT2D eigenvalue weighted by Crippen LogP contribution is -2.43. The van der Waals surface area contributed by atoms with E-state index in [1.54, 1.807) is 0 Å². The minimum absolute atomic E-state index is 0.170. The van der Waals surface area contributed by atoms with Crippen LogP contribution in [0.15, 0.2) is 160 Å². The van der Waals surface area contributed by atoms with Crippen LogP contribution < -0.4 is 5.32 Å². The molecule has 2 unspecified atom stereocenters. The fourth-order valence-corrected chi connectivity index (χ4v) is 7.45. The lowest BCUT2D eigenvalue weighted by atomic mass is 9.96. The molecule has 2 aliphatic rings. The summed E-state index contributed by atoms with van der Waals surface area (Å²) in [7, 11) is 0. The molecule has 51 heavy (non-hydrogen) atoms. The molecular formula is C46H34N4O. The van der Waals surface area contributed by atoms with E-state index in [1.807, 2.05) is 43.3 Å². The summed E-state index contributed by atoms with van der Waals surface area (Å²) in [6, 6.07) is 39.7. The van der Waals surface area contributed by atoms with Gasteiger partial charge in [-0.2, -0.15) is 0 Å². The number of para-hydroxylation sites is 2. The van der Waals surface area contributed by atoms with Crippen molar-refractivity contribution in [3.63, 3.8) is 0 Å². The average molecular weight is 659 g/mol. The molecule has 0 radical (unpaired) electrons. The van der Waals surface area contributed by atoms with Crippen LogP contribution in [0.25, 0.3) is 55.7 Å². The van der Waals surface area contributed by atoms with Gasteiger partial charge in [0.15, 0.2) is 5.84 Å². The molecule has 244 valence electrons. The molecule has 2 atom stereocenters. The minimum atomic E-state index is -0.170. The van der Waals surface area contributed by atoms with Crippen molar-refractivity contribution < 1.29 is 4.42 Å². The second-order valence-electron chi connectivity index (χ2n) is 12.9. The topological polar surface area (TPSA) is 54.8 Å². The van der Waals surface area contributed by atoms with Crippen LogP contribution in [0.5, 0.6) is 0 Å². The van der Waals surface area contributed by atoms with Crippen molar-refractivity contribution in [2.75, 3.05) is 0 Å². The van der Waals surface area contributed by atoms with Crippen LogP contribution in [0.3, 0.4) is 0 Å². The summed E-state index contributed by atoms with van der Waals surface area (Å²) in [5, 5.41) is 6.71. The number of fused-ring (bicyclic) bond motifs is 4. The fourth-order valence-electron chi connectivity index (χ4n) is 7.45. The molecule has 0 fully saturated rings. The maximum Gasteiger partial charge on any atom is 0.162 e. The zero-order chi connectivity index (χ0) is 34.3. The van der Waals surface area contributed by atoms with Crippen LogP contribution in [0.4, 0.5) is 0 Å². The van der Waals surface area contributed by atoms with Crippen molar-refractivity contribution in [3.8, 4) is 29.2 Å². The average Bonchev–Trinajstić information content (AvgIpc) is 3.74. The molecule has 0 amide bonds. The first-order valence-electron chi connectivity index (χ1n) is 17.3. The number of nitrogens with one attached hydrogen (secondary N) is 1. The summed E-state index contributed by atoms with van der Waals surface area (Å²) < 4.78 is 8.97. The Kier molecular flexibility index (Phi) is 7.56. The van der Waals surface area contributed by atoms with Gasteiger partial charge in [-0.1, -0.05) is 115 Å². The van der Waals surface area contributed by atoms with E-state index in [0.717, 1.165) is 84.3 Å². The molecule has 5 heteroatoms. The summed E-state index contributed by atoms with van der Waals surface area (Å²) in [6.07, 6.45) is 19.7. The van der Waals surface area contributed by atoms with E-state index >= 15 is 0 Å². The molecule has 0 bridgehead atoms. The second-order valence-corrected chi connectivity index (χ2v) is 12.9. The molecule has 5 aromatic carbocycles. The van der Waals surface area contributed by atoms with Crippen LogP contribution in [-0.2, 0) is 0 Å². The number of terminal acetylenes is 1. The van der Waals surface area contributed by atoms with Gasteiger partial charge in [0.2, 0.25) is 0 Å². The summed E-state index contributed by atoms with van der Waals surface area (Å²) >= 11 is 0. The number of hydrogen-bond donors (Lipinski definition) is 1. The highest BCUT2D eigenvalue weighted by Gasteiger charge is 2.27. The Labute approximate surface area is 296 Å². The number of aliphatic imine (C=N–C) groups is 2. The van der Waals surface area contributed by atoms with Gasteiger partial charge < -0.3 is 14.3 Å². The third-order valence-corrected chi connectivity index (χ3v) is 9.79. The third-order valence-electron chi connectivity index (χ3n) is 9.79. The molecule has 1 aliphatic heterocycles. The Morgan fingerprint density at radius 2 is 1.65 bits per heavy atom. The van der Waals surface area contributed by atoms with Crippen molar-refractivity contribution in [2.45, 2.75) is 19.5 Å². The number of allylic oxidation sites excluding steroid dienone is 4. The monoisotopic (exact) mass is 658 g/mol. The summed E-state index contributed by atoms with van der Waals surface area (Å²) in [5.41, 5.74) is 9.59. The van der Waals surface area contributed by atoms with E-state index in [4.69, 9.17) is 20.8 Å².